The Hall–Kier alpha value is -0.470. The van der Waals surface area contributed by atoms with Gasteiger partial charge in [0.15, 0.2) is 0 Å². The molecule has 0 amide bonds. The van der Waals surface area contributed by atoms with Crippen molar-refractivity contribution >= 4 is 11.8 Å². The van der Waals surface area contributed by atoms with Crippen LogP contribution in [0.4, 0.5) is 0 Å². The molecule has 1 unspecified atom stereocenters. The topological polar surface area (TPSA) is 20.2 Å². The maximum Gasteiger partial charge on any atom is 0.0670 e. The first-order chi connectivity index (χ1) is 9.65. The van der Waals surface area contributed by atoms with Gasteiger partial charge < -0.3 is 5.11 Å². The minimum atomic E-state index is -0.202. The summed E-state index contributed by atoms with van der Waals surface area (Å²) in [5.74, 6) is 1.46. The Kier molecular flexibility index (Phi) is 6.44. The summed E-state index contributed by atoms with van der Waals surface area (Å²) < 4.78 is 0. The molecule has 0 heterocycles. The van der Waals surface area contributed by atoms with E-state index in [-0.39, 0.29) is 6.10 Å². The molecule has 1 aliphatic carbocycles. The van der Waals surface area contributed by atoms with E-state index in [1.807, 2.05) is 11.8 Å². The normalized spacial score (nSPS) is 18.4. The maximum absolute atomic E-state index is 10.2. The second kappa shape index (κ2) is 8.09. The highest BCUT2D eigenvalue weighted by Gasteiger charge is 2.15. The number of thioether (sulfide) groups is 1. The highest BCUT2D eigenvalue weighted by Crippen LogP contribution is 2.29. The Labute approximate surface area is 128 Å². The van der Waals surface area contributed by atoms with E-state index in [1.54, 1.807) is 0 Å². The molecule has 1 nitrogen and oxygen atoms in total. The number of aliphatic hydroxyl groups excluding tert-OH is 1. The van der Waals surface area contributed by atoms with Gasteiger partial charge in [0.1, 0.15) is 0 Å². The largest absolute Gasteiger partial charge is 0.392 e. The fourth-order valence-electron chi connectivity index (χ4n) is 2.85. The molecule has 1 aromatic rings. The quantitative estimate of drug-likeness (QED) is 0.814. The van der Waals surface area contributed by atoms with Crippen LogP contribution in [0, 0.1) is 0 Å². The molecule has 1 N–H and O–H groups in total. The van der Waals surface area contributed by atoms with E-state index in [0.717, 1.165) is 17.4 Å². The van der Waals surface area contributed by atoms with Crippen LogP contribution in [0.5, 0.6) is 0 Å². The summed E-state index contributed by atoms with van der Waals surface area (Å²) in [6.45, 7) is 4.43. The monoisotopic (exact) mass is 292 g/mol. The summed E-state index contributed by atoms with van der Waals surface area (Å²) in [6.07, 6.45) is 7.45. The van der Waals surface area contributed by atoms with Crippen LogP contribution in [-0.4, -0.2) is 22.2 Å². The van der Waals surface area contributed by atoms with Crippen molar-refractivity contribution in [1.82, 2.24) is 0 Å². The van der Waals surface area contributed by atoms with Gasteiger partial charge in [-0.15, -0.1) is 0 Å². The molecule has 0 saturated heterocycles. The van der Waals surface area contributed by atoms with Gasteiger partial charge in [0.05, 0.1) is 6.10 Å². The Morgan fingerprint density at radius 1 is 1.10 bits per heavy atom. The highest BCUT2D eigenvalue weighted by atomic mass is 32.2. The zero-order chi connectivity index (χ0) is 14.4. The first-order valence-electron chi connectivity index (χ1n) is 8.03. The molecule has 0 radical (unpaired) electrons. The van der Waals surface area contributed by atoms with Gasteiger partial charge in [-0.2, -0.15) is 11.8 Å². The fourth-order valence-corrected chi connectivity index (χ4v) is 4.13. The lowest BCUT2D eigenvalue weighted by molar-refractivity contribution is 0.200. The van der Waals surface area contributed by atoms with E-state index >= 15 is 0 Å². The van der Waals surface area contributed by atoms with Crippen molar-refractivity contribution in [2.24, 2.45) is 0 Å². The molecule has 1 aliphatic rings. The van der Waals surface area contributed by atoms with Crippen molar-refractivity contribution in [2.45, 2.75) is 69.6 Å². The molecule has 2 heteroatoms. The molecule has 112 valence electrons. The Morgan fingerprint density at radius 3 is 2.35 bits per heavy atom. The van der Waals surface area contributed by atoms with Crippen molar-refractivity contribution in [2.75, 3.05) is 5.75 Å². The van der Waals surface area contributed by atoms with Gasteiger partial charge in [-0.25, -0.2) is 0 Å². The Balaban J connectivity index is 1.74. The third kappa shape index (κ3) is 5.14. The minimum Gasteiger partial charge on any atom is -0.392 e. The molecule has 20 heavy (non-hydrogen) atoms. The molecule has 1 aromatic carbocycles. The van der Waals surface area contributed by atoms with Crippen LogP contribution < -0.4 is 0 Å². The fraction of sp³-hybridized carbons (Fsp3) is 0.667. The molecule has 1 fully saturated rings. The number of aliphatic hydroxyl groups is 1. The van der Waals surface area contributed by atoms with E-state index in [1.165, 1.54) is 43.2 Å². The smallest absolute Gasteiger partial charge is 0.0670 e. The van der Waals surface area contributed by atoms with E-state index in [0.29, 0.717) is 5.92 Å². The zero-order valence-corrected chi connectivity index (χ0v) is 13.7. The van der Waals surface area contributed by atoms with Crippen LogP contribution in [-0.2, 0) is 6.42 Å². The van der Waals surface area contributed by atoms with Crippen molar-refractivity contribution < 1.29 is 5.11 Å². The lowest BCUT2D eigenvalue weighted by Crippen LogP contribution is -2.17. The molecule has 0 aromatic heterocycles. The number of benzene rings is 1. The van der Waals surface area contributed by atoms with Gasteiger partial charge in [-0.1, -0.05) is 57.4 Å². The first-order valence-corrected chi connectivity index (χ1v) is 9.08. The van der Waals surface area contributed by atoms with Crippen molar-refractivity contribution in [3.63, 3.8) is 0 Å². The molecular formula is C18H28OS. The Bertz CT molecular complexity index is 379. The van der Waals surface area contributed by atoms with Crippen molar-refractivity contribution in [3.05, 3.63) is 35.4 Å². The van der Waals surface area contributed by atoms with Crippen LogP contribution >= 0.6 is 11.8 Å². The summed E-state index contributed by atoms with van der Waals surface area (Å²) in [5, 5.41) is 11.0. The molecule has 1 atom stereocenters. The average Bonchev–Trinajstić information content (AvgIpc) is 2.47. The van der Waals surface area contributed by atoms with Gasteiger partial charge in [-0.05, 0) is 36.3 Å². The molecule has 2 rings (SSSR count). The number of hydrogen-bond donors (Lipinski definition) is 1. The zero-order valence-electron chi connectivity index (χ0n) is 12.8. The van der Waals surface area contributed by atoms with Crippen molar-refractivity contribution in [3.8, 4) is 0 Å². The van der Waals surface area contributed by atoms with Crippen LogP contribution in [0.25, 0.3) is 0 Å². The average molecular weight is 292 g/mol. The van der Waals surface area contributed by atoms with E-state index in [2.05, 4.69) is 38.1 Å². The lowest BCUT2D eigenvalue weighted by atomic mass is 10.00. The third-order valence-electron chi connectivity index (χ3n) is 4.19. The van der Waals surface area contributed by atoms with Gasteiger partial charge in [0.2, 0.25) is 0 Å². The summed E-state index contributed by atoms with van der Waals surface area (Å²) in [7, 11) is 0. The molecule has 1 saturated carbocycles. The second-order valence-corrected chi connectivity index (χ2v) is 7.68. The maximum atomic E-state index is 10.2. The molecular weight excluding hydrogens is 264 g/mol. The molecule has 0 bridgehead atoms. The number of hydrogen-bond acceptors (Lipinski definition) is 2. The van der Waals surface area contributed by atoms with Crippen LogP contribution in [0.1, 0.15) is 63.0 Å². The van der Waals surface area contributed by atoms with Crippen molar-refractivity contribution in [1.29, 1.82) is 0 Å². The molecule has 0 aliphatic heterocycles. The Morgan fingerprint density at radius 2 is 1.75 bits per heavy atom. The minimum absolute atomic E-state index is 0.202. The predicted octanol–water partition coefficient (Wildman–Crippen LogP) is 4.78. The lowest BCUT2D eigenvalue weighted by Gasteiger charge is -2.22. The summed E-state index contributed by atoms with van der Waals surface area (Å²) in [5.41, 5.74) is 2.63. The van der Waals surface area contributed by atoms with Gasteiger partial charge in [-0.3, -0.25) is 0 Å². The van der Waals surface area contributed by atoms with Gasteiger partial charge >= 0.3 is 0 Å². The SMILES string of the molecule is CC(C)c1ccc(CC(O)CSC2CCCCC2)cc1. The molecule has 0 spiro atoms. The van der Waals surface area contributed by atoms with E-state index < -0.39 is 0 Å². The van der Waals surface area contributed by atoms with Crippen LogP contribution in [0.3, 0.4) is 0 Å². The summed E-state index contributed by atoms with van der Waals surface area (Å²) in [6, 6.07) is 8.73. The summed E-state index contributed by atoms with van der Waals surface area (Å²) in [4.78, 5) is 0. The van der Waals surface area contributed by atoms with Gasteiger partial charge in [0, 0.05) is 11.0 Å². The van der Waals surface area contributed by atoms with E-state index in [9.17, 15) is 5.11 Å². The number of rotatable bonds is 6. The summed E-state index contributed by atoms with van der Waals surface area (Å²) >= 11 is 1.98. The first kappa shape index (κ1) is 15.9. The van der Waals surface area contributed by atoms with Gasteiger partial charge in [0.25, 0.3) is 0 Å². The van der Waals surface area contributed by atoms with Crippen LogP contribution in [0.15, 0.2) is 24.3 Å². The standard InChI is InChI=1S/C18H28OS/c1-14(2)16-10-8-15(9-11-16)12-17(19)13-20-18-6-4-3-5-7-18/h8-11,14,17-19H,3-7,12-13H2,1-2H3. The van der Waals surface area contributed by atoms with Crippen LogP contribution in [0.2, 0.25) is 0 Å². The second-order valence-electron chi connectivity index (χ2n) is 6.35. The highest BCUT2D eigenvalue weighted by molar-refractivity contribution is 7.99. The van der Waals surface area contributed by atoms with E-state index in [4.69, 9.17) is 0 Å². The third-order valence-corrected chi connectivity index (χ3v) is 5.71. The predicted molar refractivity (Wildman–Crippen MR) is 89.6 cm³/mol.